The molecule has 0 amide bonds. The van der Waals surface area contributed by atoms with Gasteiger partial charge in [-0.3, -0.25) is 9.59 Å². The number of benzene rings is 3. The number of rotatable bonds is 13. The van der Waals surface area contributed by atoms with Gasteiger partial charge in [0.25, 0.3) is 0 Å². The zero-order valence-corrected chi connectivity index (χ0v) is 21.6. The Hall–Kier alpha value is -4.23. The van der Waals surface area contributed by atoms with Crippen molar-refractivity contribution in [1.29, 1.82) is 0 Å². The zero-order chi connectivity index (χ0) is 26.9. The molecule has 7 heteroatoms. The van der Waals surface area contributed by atoms with Crippen molar-refractivity contribution in [2.45, 2.75) is 45.2 Å². The molecule has 2 N–H and O–H groups in total. The number of carbonyl (C=O) groups excluding carboxylic acids is 1. The van der Waals surface area contributed by atoms with Gasteiger partial charge in [-0.1, -0.05) is 60.7 Å². The molecule has 0 bridgehead atoms. The summed E-state index contributed by atoms with van der Waals surface area (Å²) in [6.07, 6.45) is 1.12. The molecule has 0 radical (unpaired) electrons. The third-order valence-electron chi connectivity index (χ3n) is 6.26. The fraction of sp³-hybridized carbons (Fsp3) is 0.258. The number of carboxylic acid groups (broad SMARTS) is 1. The van der Waals surface area contributed by atoms with E-state index in [0.717, 1.165) is 22.6 Å². The Balaban J connectivity index is 1.27. The van der Waals surface area contributed by atoms with E-state index in [9.17, 15) is 14.7 Å². The van der Waals surface area contributed by atoms with Crippen LogP contribution < -0.4 is 10.1 Å². The average Bonchev–Trinajstić information content (AvgIpc) is 3.30. The lowest BCUT2D eigenvalue weighted by Gasteiger charge is -2.20. The molecule has 0 saturated carbocycles. The van der Waals surface area contributed by atoms with Crippen LogP contribution in [0.2, 0.25) is 0 Å². The Morgan fingerprint density at radius 3 is 2.29 bits per heavy atom. The highest BCUT2D eigenvalue weighted by Gasteiger charge is 2.22. The number of aromatic nitrogens is 1. The number of nitrogens with zero attached hydrogens (tertiary/aromatic N) is 1. The molecular weight excluding hydrogens is 480 g/mol. The van der Waals surface area contributed by atoms with Gasteiger partial charge in [0.05, 0.1) is 12.3 Å². The first-order chi connectivity index (χ1) is 18.4. The fourth-order valence-corrected chi connectivity index (χ4v) is 4.23. The van der Waals surface area contributed by atoms with Crippen molar-refractivity contribution in [3.8, 4) is 17.2 Å². The van der Waals surface area contributed by atoms with Crippen molar-refractivity contribution < 1.29 is 23.8 Å². The third-order valence-corrected chi connectivity index (χ3v) is 6.26. The van der Waals surface area contributed by atoms with Crippen molar-refractivity contribution in [1.82, 2.24) is 10.3 Å². The number of carbonyl (C=O) groups is 2. The van der Waals surface area contributed by atoms with Crippen molar-refractivity contribution in [3.05, 3.63) is 108 Å². The van der Waals surface area contributed by atoms with E-state index in [1.807, 2.05) is 86.6 Å². The van der Waals surface area contributed by atoms with Crippen LogP contribution in [0.25, 0.3) is 11.5 Å². The molecule has 1 heterocycles. The molecule has 2 atom stereocenters. The van der Waals surface area contributed by atoms with Crippen molar-refractivity contribution in [2.75, 3.05) is 6.61 Å². The Morgan fingerprint density at radius 1 is 0.974 bits per heavy atom. The summed E-state index contributed by atoms with van der Waals surface area (Å²) in [4.78, 5) is 28.9. The summed E-state index contributed by atoms with van der Waals surface area (Å²) in [5.74, 6) is 1.09. The lowest BCUT2D eigenvalue weighted by Crippen LogP contribution is -2.44. The largest absolute Gasteiger partial charge is 0.493 e. The highest BCUT2D eigenvalue weighted by molar-refractivity contribution is 5.96. The van der Waals surface area contributed by atoms with Gasteiger partial charge in [0.1, 0.15) is 17.6 Å². The third kappa shape index (κ3) is 7.40. The van der Waals surface area contributed by atoms with Gasteiger partial charge < -0.3 is 19.6 Å². The lowest BCUT2D eigenvalue weighted by molar-refractivity contribution is -0.139. The molecule has 4 aromatic rings. The predicted molar refractivity (Wildman–Crippen MR) is 145 cm³/mol. The van der Waals surface area contributed by atoms with Gasteiger partial charge in [-0.2, -0.15) is 0 Å². The lowest BCUT2D eigenvalue weighted by atomic mass is 10.0. The van der Waals surface area contributed by atoms with E-state index < -0.39 is 12.0 Å². The maximum absolute atomic E-state index is 12.5. The summed E-state index contributed by atoms with van der Waals surface area (Å²) in [7, 11) is 0. The molecule has 0 fully saturated rings. The standard InChI is InChI=1S/C31H32N2O5/c1-21(19-29(34)24-9-5-3-6-10-24)32-28(31(35)36)20-23-13-15-26(16-14-23)37-18-17-27-22(2)38-30(33-27)25-11-7-4-8-12-25/h3-16,21,28,32H,17-20H2,1-2H3,(H,35,36)/t21?,28-/m0/s1. The normalized spacial score (nSPS) is 12.6. The van der Waals surface area contributed by atoms with E-state index in [1.54, 1.807) is 12.1 Å². The molecule has 7 nitrogen and oxygen atoms in total. The van der Waals surface area contributed by atoms with Gasteiger partial charge in [0.2, 0.25) is 5.89 Å². The number of nitrogens with one attached hydrogen (secondary N) is 1. The van der Waals surface area contributed by atoms with Crippen LogP contribution in [0.15, 0.2) is 89.3 Å². The van der Waals surface area contributed by atoms with Gasteiger partial charge in [-0.05, 0) is 50.1 Å². The summed E-state index contributed by atoms with van der Waals surface area (Å²) in [6.45, 7) is 4.16. The second kappa shape index (κ2) is 12.8. The first kappa shape index (κ1) is 26.8. The number of carboxylic acids is 1. The summed E-state index contributed by atoms with van der Waals surface area (Å²) in [5, 5.41) is 12.8. The summed E-state index contributed by atoms with van der Waals surface area (Å²) < 4.78 is 11.7. The highest BCUT2D eigenvalue weighted by atomic mass is 16.5. The van der Waals surface area contributed by atoms with Crippen LogP contribution >= 0.6 is 0 Å². The van der Waals surface area contributed by atoms with E-state index in [-0.39, 0.29) is 18.2 Å². The Labute approximate surface area is 222 Å². The number of ketones is 1. The van der Waals surface area contributed by atoms with E-state index in [1.165, 1.54) is 0 Å². The van der Waals surface area contributed by atoms with Crippen LogP contribution in [0, 0.1) is 6.92 Å². The predicted octanol–water partition coefficient (Wildman–Crippen LogP) is 5.52. The Morgan fingerprint density at radius 2 is 1.63 bits per heavy atom. The number of Topliss-reactive ketones (excluding diaryl/α,β-unsaturated/α-hetero) is 1. The molecule has 1 aromatic heterocycles. The highest BCUT2D eigenvalue weighted by Crippen LogP contribution is 2.22. The number of aryl methyl sites for hydroxylation is 1. The monoisotopic (exact) mass is 512 g/mol. The topological polar surface area (TPSA) is 102 Å². The van der Waals surface area contributed by atoms with Gasteiger partial charge in [0, 0.05) is 30.0 Å². The second-order valence-corrected chi connectivity index (χ2v) is 9.29. The van der Waals surface area contributed by atoms with Gasteiger partial charge in [-0.25, -0.2) is 4.98 Å². The molecule has 4 rings (SSSR count). The smallest absolute Gasteiger partial charge is 0.321 e. The Kier molecular flexibility index (Phi) is 9.06. The maximum Gasteiger partial charge on any atom is 0.321 e. The van der Waals surface area contributed by atoms with Crippen LogP contribution in [0.4, 0.5) is 0 Å². The number of aliphatic carboxylic acids is 1. The van der Waals surface area contributed by atoms with E-state index >= 15 is 0 Å². The van der Waals surface area contributed by atoms with E-state index in [4.69, 9.17) is 9.15 Å². The number of oxazole rings is 1. The van der Waals surface area contributed by atoms with Crippen molar-refractivity contribution in [3.63, 3.8) is 0 Å². The molecular formula is C31H32N2O5. The Bertz CT molecular complexity index is 1330. The van der Waals surface area contributed by atoms with Gasteiger partial charge >= 0.3 is 5.97 Å². The summed E-state index contributed by atoms with van der Waals surface area (Å²) in [6, 6.07) is 25.1. The van der Waals surface area contributed by atoms with Crippen molar-refractivity contribution in [2.24, 2.45) is 0 Å². The van der Waals surface area contributed by atoms with Crippen LogP contribution in [0.3, 0.4) is 0 Å². The van der Waals surface area contributed by atoms with Crippen LogP contribution in [-0.4, -0.2) is 40.5 Å². The molecule has 3 aromatic carbocycles. The quantitative estimate of drug-likeness (QED) is 0.228. The van der Waals surface area contributed by atoms with Crippen LogP contribution in [0.1, 0.15) is 40.7 Å². The molecule has 0 aliphatic carbocycles. The molecule has 0 aliphatic rings. The van der Waals surface area contributed by atoms with Crippen LogP contribution in [-0.2, 0) is 17.6 Å². The number of hydrogen-bond donors (Lipinski definition) is 2. The van der Waals surface area contributed by atoms with Gasteiger partial charge in [-0.15, -0.1) is 0 Å². The summed E-state index contributed by atoms with van der Waals surface area (Å²) >= 11 is 0. The second-order valence-electron chi connectivity index (χ2n) is 9.29. The fourth-order valence-electron chi connectivity index (χ4n) is 4.23. The molecule has 1 unspecified atom stereocenters. The summed E-state index contributed by atoms with van der Waals surface area (Å²) in [5.41, 5.74) is 3.28. The molecule has 0 spiro atoms. The minimum Gasteiger partial charge on any atom is -0.493 e. The molecule has 0 aliphatic heterocycles. The molecule has 38 heavy (non-hydrogen) atoms. The van der Waals surface area contributed by atoms with Gasteiger partial charge in [0.15, 0.2) is 5.78 Å². The minimum absolute atomic E-state index is 0.0201. The minimum atomic E-state index is -0.956. The number of hydrogen-bond acceptors (Lipinski definition) is 6. The molecule has 0 saturated heterocycles. The SMILES string of the molecule is Cc1oc(-c2ccccc2)nc1CCOc1ccc(C[C@H](NC(C)CC(=O)c2ccccc2)C(=O)O)cc1. The van der Waals surface area contributed by atoms with Crippen molar-refractivity contribution >= 4 is 11.8 Å². The van der Waals surface area contributed by atoms with E-state index in [2.05, 4.69) is 10.3 Å². The number of ether oxygens (including phenoxy) is 1. The average molecular weight is 513 g/mol. The maximum atomic E-state index is 12.5. The molecule has 196 valence electrons. The van der Waals surface area contributed by atoms with Crippen LogP contribution in [0.5, 0.6) is 5.75 Å². The zero-order valence-electron chi connectivity index (χ0n) is 21.6. The van der Waals surface area contributed by atoms with E-state index in [0.29, 0.717) is 36.7 Å². The first-order valence-electron chi connectivity index (χ1n) is 12.7. The first-order valence-corrected chi connectivity index (χ1v) is 12.7.